The van der Waals surface area contributed by atoms with Gasteiger partial charge in [-0.1, -0.05) is 13.8 Å². The Labute approximate surface area is 128 Å². The molecule has 6 heteroatoms. The predicted molar refractivity (Wildman–Crippen MR) is 88.7 cm³/mol. The summed E-state index contributed by atoms with van der Waals surface area (Å²) in [6.07, 6.45) is 0. The molecule has 1 heterocycles. The number of hydrogen-bond donors (Lipinski definition) is 2. The standard InChI is InChI=1S/C12H27N5.HI/c1-10(2)11(9-15-12(13)14-3)17-7-5-16(4)6-8-17;/h10-11H,5-9H2,1-4H3,(H3,13,14,15);1H. The van der Waals surface area contributed by atoms with Crippen LogP contribution in [0.2, 0.25) is 0 Å². The second-order valence-electron chi connectivity index (χ2n) is 5.14. The number of nitrogens with zero attached hydrogens (tertiary/aromatic N) is 3. The lowest BCUT2D eigenvalue weighted by Gasteiger charge is -2.40. The minimum atomic E-state index is 0. The Morgan fingerprint density at radius 1 is 1.28 bits per heavy atom. The molecule has 0 aromatic heterocycles. The second-order valence-corrected chi connectivity index (χ2v) is 5.14. The van der Waals surface area contributed by atoms with Crippen molar-refractivity contribution >= 4 is 29.9 Å². The Kier molecular flexibility index (Phi) is 8.89. The van der Waals surface area contributed by atoms with Crippen LogP contribution in [0, 0.1) is 5.92 Å². The summed E-state index contributed by atoms with van der Waals surface area (Å²) < 4.78 is 0. The highest BCUT2D eigenvalue weighted by Gasteiger charge is 2.24. The summed E-state index contributed by atoms with van der Waals surface area (Å²) in [7, 11) is 3.89. The lowest BCUT2D eigenvalue weighted by Crippen LogP contribution is -2.54. The normalized spacial score (nSPS) is 20.6. The van der Waals surface area contributed by atoms with Crippen molar-refractivity contribution in [2.24, 2.45) is 16.6 Å². The van der Waals surface area contributed by atoms with Gasteiger partial charge in [-0.2, -0.15) is 0 Å². The van der Waals surface area contributed by atoms with Crippen LogP contribution in [0.15, 0.2) is 4.99 Å². The van der Waals surface area contributed by atoms with E-state index >= 15 is 0 Å². The zero-order valence-corrected chi connectivity index (χ0v) is 14.3. The summed E-state index contributed by atoms with van der Waals surface area (Å²) >= 11 is 0. The molecule has 1 saturated heterocycles. The van der Waals surface area contributed by atoms with Crippen LogP contribution in [0.25, 0.3) is 0 Å². The van der Waals surface area contributed by atoms with E-state index in [-0.39, 0.29) is 24.0 Å². The van der Waals surface area contributed by atoms with Crippen molar-refractivity contribution in [3.63, 3.8) is 0 Å². The zero-order chi connectivity index (χ0) is 12.8. The molecule has 0 aromatic rings. The van der Waals surface area contributed by atoms with Gasteiger partial charge in [0.2, 0.25) is 0 Å². The van der Waals surface area contributed by atoms with Crippen molar-refractivity contribution in [2.45, 2.75) is 19.9 Å². The summed E-state index contributed by atoms with van der Waals surface area (Å²) in [6, 6.07) is 0.531. The second kappa shape index (κ2) is 8.92. The van der Waals surface area contributed by atoms with Crippen LogP contribution in [0.4, 0.5) is 0 Å². The van der Waals surface area contributed by atoms with Gasteiger partial charge in [0.15, 0.2) is 5.96 Å². The van der Waals surface area contributed by atoms with Crippen molar-refractivity contribution in [3.05, 3.63) is 0 Å². The smallest absolute Gasteiger partial charge is 0.188 e. The molecule has 0 aromatic carbocycles. The van der Waals surface area contributed by atoms with Gasteiger partial charge in [0, 0.05) is 45.8 Å². The third-order valence-electron chi connectivity index (χ3n) is 3.51. The van der Waals surface area contributed by atoms with Gasteiger partial charge in [0.25, 0.3) is 0 Å². The molecule has 0 aliphatic carbocycles. The summed E-state index contributed by atoms with van der Waals surface area (Å²) in [5.41, 5.74) is 5.69. The number of nitrogens with one attached hydrogen (secondary N) is 1. The third kappa shape index (κ3) is 5.71. The average Bonchev–Trinajstić information content (AvgIpc) is 2.31. The van der Waals surface area contributed by atoms with Gasteiger partial charge in [-0.15, -0.1) is 24.0 Å². The molecular weight excluding hydrogens is 341 g/mol. The third-order valence-corrected chi connectivity index (χ3v) is 3.51. The van der Waals surface area contributed by atoms with Crippen molar-refractivity contribution in [3.8, 4) is 0 Å². The maximum absolute atomic E-state index is 5.69. The van der Waals surface area contributed by atoms with Gasteiger partial charge in [-0.05, 0) is 13.0 Å². The SMILES string of the molecule is CN=C(N)NCC(C(C)C)N1CCN(C)CC1.I. The molecule has 1 rings (SSSR count). The van der Waals surface area contributed by atoms with E-state index in [2.05, 4.69) is 41.0 Å². The largest absolute Gasteiger partial charge is 0.370 e. The minimum Gasteiger partial charge on any atom is -0.370 e. The van der Waals surface area contributed by atoms with Crippen molar-refractivity contribution in [2.75, 3.05) is 46.8 Å². The summed E-state index contributed by atoms with van der Waals surface area (Å²) in [6.45, 7) is 10.0. The number of nitrogens with two attached hydrogens (primary N) is 1. The molecule has 1 aliphatic heterocycles. The van der Waals surface area contributed by atoms with Crippen molar-refractivity contribution in [1.29, 1.82) is 0 Å². The number of piperazine rings is 1. The Hall–Kier alpha value is -0.0800. The summed E-state index contributed by atoms with van der Waals surface area (Å²) in [4.78, 5) is 8.87. The summed E-state index contributed by atoms with van der Waals surface area (Å²) in [5.74, 6) is 1.15. The van der Waals surface area contributed by atoms with Gasteiger partial charge in [-0.25, -0.2) is 0 Å². The van der Waals surface area contributed by atoms with Crippen LogP contribution >= 0.6 is 24.0 Å². The molecule has 0 spiro atoms. The number of likely N-dealkylation sites (N-methyl/N-ethyl adjacent to an activating group) is 1. The van der Waals surface area contributed by atoms with Crippen LogP contribution in [-0.4, -0.2) is 68.6 Å². The molecule has 0 amide bonds. The van der Waals surface area contributed by atoms with E-state index in [1.54, 1.807) is 7.05 Å². The maximum Gasteiger partial charge on any atom is 0.188 e. The van der Waals surface area contributed by atoms with E-state index in [0.717, 1.165) is 32.7 Å². The first kappa shape index (κ1) is 17.9. The highest BCUT2D eigenvalue weighted by Crippen LogP contribution is 2.12. The molecule has 1 unspecified atom stereocenters. The molecule has 3 N–H and O–H groups in total. The fourth-order valence-corrected chi connectivity index (χ4v) is 2.23. The average molecular weight is 369 g/mol. The van der Waals surface area contributed by atoms with Gasteiger partial charge < -0.3 is 16.0 Å². The number of rotatable bonds is 4. The van der Waals surface area contributed by atoms with Crippen LogP contribution in [0.3, 0.4) is 0 Å². The van der Waals surface area contributed by atoms with Gasteiger partial charge in [0.1, 0.15) is 0 Å². The molecule has 108 valence electrons. The summed E-state index contributed by atoms with van der Waals surface area (Å²) in [5, 5.41) is 3.19. The molecule has 1 atom stereocenters. The predicted octanol–water partition coefficient (Wildman–Crippen LogP) is 0.411. The van der Waals surface area contributed by atoms with Crippen molar-refractivity contribution in [1.82, 2.24) is 15.1 Å². The Balaban J connectivity index is 0.00000289. The first-order chi connectivity index (χ1) is 8.04. The molecule has 0 saturated carbocycles. The Morgan fingerprint density at radius 3 is 2.28 bits per heavy atom. The Bertz CT molecular complexity index is 249. The van der Waals surface area contributed by atoms with E-state index in [9.17, 15) is 0 Å². The maximum atomic E-state index is 5.69. The van der Waals surface area contributed by atoms with Gasteiger partial charge >= 0.3 is 0 Å². The fraction of sp³-hybridized carbons (Fsp3) is 0.917. The highest BCUT2D eigenvalue weighted by molar-refractivity contribution is 14.0. The van der Waals surface area contributed by atoms with E-state index in [1.165, 1.54) is 0 Å². The molecule has 0 radical (unpaired) electrons. The number of aliphatic imine (C=N–C) groups is 1. The number of halogens is 1. The fourth-order valence-electron chi connectivity index (χ4n) is 2.23. The first-order valence-electron chi connectivity index (χ1n) is 6.43. The van der Waals surface area contributed by atoms with E-state index in [0.29, 0.717) is 17.9 Å². The molecule has 1 aliphatic rings. The molecule has 0 bridgehead atoms. The van der Waals surface area contributed by atoms with Gasteiger partial charge in [0.05, 0.1) is 0 Å². The monoisotopic (exact) mass is 369 g/mol. The van der Waals surface area contributed by atoms with Crippen LogP contribution in [0.1, 0.15) is 13.8 Å². The first-order valence-corrected chi connectivity index (χ1v) is 6.43. The molecule has 5 nitrogen and oxygen atoms in total. The van der Waals surface area contributed by atoms with Gasteiger partial charge in [-0.3, -0.25) is 9.89 Å². The van der Waals surface area contributed by atoms with E-state index < -0.39 is 0 Å². The lowest BCUT2D eigenvalue weighted by atomic mass is 10.0. The quantitative estimate of drug-likeness (QED) is 0.428. The Morgan fingerprint density at radius 2 is 1.83 bits per heavy atom. The number of guanidine groups is 1. The lowest BCUT2D eigenvalue weighted by molar-refractivity contribution is 0.0901. The minimum absolute atomic E-state index is 0. The van der Waals surface area contributed by atoms with Crippen molar-refractivity contribution < 1.29 is 0 Å². The molecule has 18 heavy (non-hydrogen) atoms. The van der Waals surface area contributed by atoms with E-state index in [1.807, 2.05) is 0 Å². The van der Waals surface area contributed by atoms with E-state index in [4.69, 9.17) is 5.73 Å². The topological polar surface area (TPSA) is 56.9 Å². The van der Waals surface area contributed by atoms with Crippen LogP contribution in [0.5, 0.6) is 0 Å². The van der Waals surface area contributed by atoms with Crippen LogP contribution < -0.4 is 11.1 Å². The molecular formula is C12H28IN5. The highest BCUT2D eigenvalue weighted by atomic mass is 127. The zero-order valence-electron chi connectivity index (χ0n) is 12.0. The van der Waals surface area contributed by atoms with Crippen LogP contribution in [-0.2, 0) is 0 Å². The molecule has 1 fully saturated rings. The number of hydrogen-bond acceptors (Lipinski definition) is 3.